The highest BCUT2D eigenvalue weighted by Gasteiger charge is 2.30. The minimum absolute atomic E-state index is 0.180. The van der Waals surface area contributed by atoms with Gasteiger partial charge in [0.1, 0.15) is 6.10 Å². The number of halogens is 1. The third-order valence-corrected chi connectivity index (χ3v) is 2.59. The first-order valence-electron chi connectivity index (χ1n) is 4.70. The van der Waals surface area contributed by atoms with Gasteiger partial charge in [0.05, 0.1) is 12.4 Å². The molecule has 0 radical (unpaired) electrons. The molecule has 1 saturated heterocycles. The molecule has 0 aromatic carbocycles. The third kappa shape index (κ3) is 2.39. The molecule has 1 atom stereocenters. The van der Waals surface area contributed by atoms with E-state index >= 15 is 0 Å². The number of hydrogen-bond acceptors (Lipinski definition) is 3. The maximum atomic E-state index is 11.4. The number of rotatable bonds is 3. The fourth-order valence-electron chi connectivity index (χ4n) is 1.49. The summed E-state index contributed by atoms with van der Waals surface area (Å²) in [5.41, 5.74) is 1.04. The van der Waals surface area contributed by atoms with Gasteiger partial charge in [-0.25, -0.2) is 4.79 Å². The van der Waals surface area contributed by atoms with Gasteiger partial charge in [0.15, 0.2) is 0 Å². The van der Waals surface area contributed by atoms with Crippen LogP contribution < -0.4 is 0 Å². The maximum absolute atomic E-state index is 11.4. The molecule has 1 aromatic heterocycles. The smallest absolute Gasteiger partial charge is 0.410 e. The van der Waals surface area contributed by atoms with Crippen LogP contribution in [-0.2, 0) is 11.3 Å². The fourth-order valence-corrected chi connectivity index (χ4v) is 1.65. The van der Waals surface area contributed by atoms with Crippen molar-refractivity contribution in [3.8, 4) is 0 Å². The molecule has 0 saturated carbocycles. The molecule has 2 heterocycles. The van der Waals surface area contributed by atoms with E-state index in [1.165, 1.54) is 0 Å². The molecular formula is C10H11ClN2O2. The van der Waals surface area contributed by atoms with Gasteiger partial charge in [-0.2, -0.15) is 0 Å². The van der Waals surface area contributed by atoms with Crippen LogP contribution in [0.5, 0.6) is 0 Å². The van der Waals surface area contributed by atoms with E-state index < -0.39 is 0 Å². The van der Waals surface area contributed by atoms with E-state index in [0.717, 1.165) is 5.56 Å². The topological polar surface area (TPSA) is 42.4 Å². The zero-order valence-electron chi connectivity index (χ0n) is 8.10. The number of hydrogen-bond donors (Lipinski definition) is 0. The lowest BCUT2D eigenvalue weighted by molar-refractivity contribution is 0.138. The highest BCUT2D eigenvalue weighted by Crippen LogP contribution is 2.15. The Labute approximate surface area is 92.8 Å². The van der Waals surface area contributed by atoms with E-state index in [-0.39, 0.29) is 12.2 Å². The normalized spacial score (nSPS) is 20.5. The van der Waals surface area contributed by atoms with Gasteiger partial charge in [-0.15, -0.1) is 11.6 Å². The zero-order valence-corrected chi connectivity index (χ0v) is 8.85. The number of pyridine rings is 1. The Balaban J connectivity index is 1.99. The number of carbonyl (C=O) groups excluding carboxylic acids is 1. The summed E-state index contributed by atoms with van der Waals surface area (Å²) in [6.07, 6.45) is 2.93. The van der Waals surface area contributed by atoms with Crippen molar-refractivity contribution in [1.29, 1.82) is 0 Å². The first kappa shape index (κ1) is 10.2. The minimum Gasteiger partial charge on any atom is -0.443 e. The molecule has 2 rings (SSSR count). The molecule has 80 valence electrons. The van der Waals surface area contributed by atoms with Crippen molar-refractivity contribution in [1.82, 2.24) is 9.88 Å². The number of carbonyl (C=O) groups is 1. The number of aromatic nitrogens is 1. The lowest BCUT2D eigenvalue weighted by Gasteiger charge is -2.11. The average molecular weight is 227 g/mol. The molecule has 1 fully saturated rings. The standard InChI is InChI=1S/C10H11ClN2O2/c11-5-9-7-13(10(14)15-9)6-8-1-3-12-4-2-8/h1-4,9H,5-7H2. The Morgan fingerprint density at radius 2 is 2.27 bits per heavy atom. The van der Waals surface area contributed by atoms with Gasteiger partial charge in [-0.05, 0) is 17.7 Å². The summed E-state index contributed by atoms with van der Waals surface area (Å²) < 4.78 is 5.03. The molecule has 0 aliphatic carbocycles. The average Bonchev–Trinajstić information content (AvgIpc) is 2.61. The molecule has 15 heavy (non-hydrogen) atoms. The molecule has 4 nitrogen and oxygen atoms in total. The Bertz CT molecular complexity index is 345. The maximum Gasteiger partial charge on any atom is 0.410 e. The first-order chi connectivity index (χ1) is 7.29. The van der Waals surface area contributed by atoms with Gasteiger partial charge in [0, 0.05) is 18.9 Å². The van der Waals surface area contributed by atoms with Crippen LogP contribution in [0.4, 0.5) is 4.79 Å². The van der Waals surface area contributed by atoms with Crippen LogP contribution in [0.2, 0.25) is 0 Å². The number of alkyl halides is 1. The van der Waals surface area contributed by atoms with Crippen LogP contribution in [0.1, 0.15) is 5.56 Å². The quantitative estimate of drug-likeness (QED) is 0.736. The molecule has 1 aromatic rings. The van der Waals surface area contributed by atoms with Gasteiger partial charge in [-0.1, -0.05) is 0 Å². The highest BCUT2D eigenvalue weighted by molar-refractivity contribution is 6.18. The Hall–Kier alpha value is -1.29. The first-order valence-corrected chi connectivity index (χ1v) is 5.23. The van der Waals surface area contributed by atoms with Gasteiger partial charge >= 0.3 is 6.09 Å². The van der Waals surface area contributed by atoms with Gasteiger partial charge in [0.2, 0.25) is 0 Å². The van der Waals surface area contributed by atoms with Crippen LogP contribution in [0.3, 0.4) is 0 Å². The number of cyclic esters (lactones) is 1. The molecule has 0 N–H and O–H groups in total. The summed E-state index contributed by atoms with van der Waals surface area (Å²) in [5, 5.41) is 0. The Kier molecular flexibility index (Phi) is 3.06. The second-order valence-electron chi connectivity index (χ2n) is 3.40. The van der Waals surface area contributed by atoms with Crippen molar-refractivity contribution < 1.29 is 9.53 Å². The summed E-state index contributed by atoms with van der Waals surface area (Å²) in [6, 6.07) is 3.75. The van der Waals surface area contributed by atoms with Gasteiger partial charge in [-0.3, -0.25) is 4.98 Å². The lowest BCUT2D eigenvalue weighted by Crippen LogP contribution is -2.24. The molecule has 0 spiro atoms. The number of ether oxygens (including phenoxy) is 1. The summed E-state index contributed by atoms with van der Waals surface area (Å²) in [5.74, 6) is 0.346. The third-order valence-electron chi connectivity index (χ3n) is 2.24. The van der Waals surface area contributed by atoms with Crippen molar-refractivity contribution in [3.05, 3.63) is 30.1 Å². The van der Waals surface area contributed by atoms with E-state index in [0.29, 0.717) is 19.0 Å². The van der Waals surface area contributed by atoms with Crippen molar-refractivity contribution in [3.63, 3.8) is 0 Å². The number of nitrogens with zero attached hydrogens (tertiary/aromatic N) is 2. The van der Waals surface area contributed by atoms with Crippen LogP contribution in [0, 0.1) is 0 Å². The summed E-state index contributed by atoms with van der Waals surface area (Å²) in [4.78, 5) is 16.9. The number of amides is 1. The van der Waals surface area contributed by atoms with Crippen molar-refractivity contribution in [2.75, 3.05) is 12.4 Å². The van der Waals surface area contributed by atoms with E-state index in [9.17, 15) is 4.79 Å². The second kappa shape index (κ2) is 4.49. The second-order valence-corrected chi connectivity index (χ2v) is 3.70. The highest BCUT2D eigenvalue weighted by atomic mass is 35.5. The predicted octanol–water partition coefficient (Wildman–Crippen LogP) is 1.64. The van der Waals surface area contributed by atoms with Crippen LogP contribution in [0.25, 0.3) is 0 Å². The molecular weight excluding hydrogens is 216 g/mol. The van der Waals surface area contributed by atoms with Crippen LogP contribution in [-0.4, -0.2) is 34.5 Å². The van der Waals surface area contributed by atoms with Gasteiger partial charge in [0.25, 0.3) is 0 Å². The molecule has 1 aliphatic rings. The van der Waals surface area contributed by atoms with Crippen LogP contribution in [0.15, 0.2) is 24.5 Å². The van der Waals surface area contributed by atoms with Gasteiger partial charge < -0.3 is 9.64 Å². The van der Waals surface area contributed by atoms with Crippen molar-refractivity contribution in [2.45, 2.75) is 12.6 Å². The van der Waals surface area contributed by atoms with E-state index in [2.05, 4.69) is 4.98 Å². The summed E-state index contributed by atoms with van der Waals surface area (Å²) >= 11 is 5.63. The minimum atomic E-state index is -0.294. The summed E-state index contributed by atoms with van der Waals surface area (Å²) in [6.45, 7) is 1.11. The van der Waals surface area contributed by atoms with E-state index in [1.54, 1.807) is 17.3 Å². The molecule has 0 bridgehead atoms. The molecule has 1 amide bonds. The SMILES string of the molecule is O=C1OC(CCl)CN1Cc1ccncc1. The Morgan fingerprint density at radius 1 is 1.53 bits per heavy atom. The largest absolute Gasteiger partial charge is 0.443 e. The molecule has 1 aliphatic heterocycles. The van der Waals surface area contributed by atoms with Crippen molar-refractivity contribution >= 4 is 17.7 Å². The van der Waals surface area contributed by atoms with Crippen molar-refractivity contribution in [2.24, 2.45) is 0 Å². The Morgan fingerprint density at radius 3 is 2.87 bits per heavy atom. The zero-order chi connectivity index (χ0) is 10.7. The predicted molar refractivity (Wildman–Crippen MR) is 55.6 cm³/mol. The van der Waals surface area contributed by atoms with E-state index in [1.807, 2.05) is 12.1 Å². The molecule has 1 unspecified atom stereocenters. The monoisotopic (exact) mass is 226 g/mol. The molecule has 5 heteroatoms. The fraction of sp³-hybridized carbons (Fsp3) is 0.400. The van der Waals surface area contributed by atoms with Crippen LogP contribution >= 0.6 is 11.6 Å². The lowest BCUT2D eigenvalue weighted by atomic mass is 10.2. The summed E-state index contributed by atoms with van der Waals surface area (Å²) in [7, 11) is 0. The van der Waals surface area contributed by atoms with E-state index in [4.69, 9.17) is 16.3 Å².